The van der Waals surface area contributed by atoms with E-state index in [0.29, 0.717) is 6.54 Å². The zero-order chi connectivity index (χ0) is 11.4. The molecule has 4 nitrogen and oxygen atoms in total. The van der Waals surface area contributed by atoms with E-state index in [-0.39, 0.29) is 17.9 Å². The summed E-state index contributed by atoms with van der Waals surface area (Å²) in [7, 11) is 0. The van der Waals surface area contributed by atoms with Crippen LogP contribution in [0.3, 0.4) is 0 Å². The predicted octanol–water partition coefficient (Wildman–Crippen LogP) is 0.361. The number of nitrogens with zero attached hydrogens (tertiary/aromatic N) is 1. The fourth-order valence-electron chi connectivity index (χ4n) is 2.26. The summed E-state index contributed by atoms with van der Waals surface area (Å²) in [4.78, 5) is 13.7. The number of likely N-dealkylation sites (tertiary alicyclic amines) is 1. The molecule has 1 aliphatic heterocycles. The van der Waals surface area contributed by atoms with E-state index < -0.39 is 0 Å². The van der Waals surface area contributed by atoms with Gasteiger partial charge in [-0.2, -0.15) is 0 Å². The third-order valence-electron chi connectivity index (χ3n) is 3.78. The molecule has 1 aliphatic carbocycles. The monoisotopic (exact) mass is 226 g/mol. The number of aliphatic hydroxyl groups is 1. The van der Waals surface area contributed by atoms with Crippen LogP contribution in [0.4, 0.5) is 0 Å². The number of rotatable bonds is 5. The zero-order valence-corrected chi connectivity index (χ0v) is 9.87. The number of amides is 1. The van der Waals surface area contributed by atoms with Crippen LogP contribution in [0.5, 0.6) is 0 Å². The predicted molar refractivity (Wildman–Crippen MR) is 62.1 cm³/mol. The van der Waals surface area contributed by atoms with Gasteiger partial charge >= 0.3 is 0 Å². The quantitative estimate of drug-likeness (QED) is 0.712. The topological polar surface area (TPSA) is 52.6 Å². The number of carbonyl (C=O) groups excluding carboxylic acids is 1. The van der Waals surface area contributed by atoms with Gasteiger partial charge < -0.3 is 15.3 Å². The molecule has 0 spiro atoms. The Morgan fingerprint density at radius 1 is 1.25 bits per heavy atom. The first kappa shape index (κ1) is 11.9. The van der Waals surface area contributed by atoms with Crippen LogP contribution in [0, 0.1) is 5.41 Å². The molecule has 1 saturated heterocycles. The lowest BCUT2D eigenvalue weighted by atomic mass is 10.1. The molecule has 1 saturated carbocycles. The van der Waals surface area contributed by atoms with E-state index in [1.807, 2.05) is 4.90 Å². The average molecular weight is 226 g/mol. The average Bonchev–Trinajstić information content (AvgIpc) is 3.11. The van der Waals surface area contributed by atoms with E-state index in [9.17, 15) is 4.79 Å². The van der Waals surface area contributed by atoms with Gasteiger partial charge in [0.25, 0.3) is 0 Å². The van der Waals surface area contributed by atoms with E-state index in [0.717, 1.165) is 45.3 Å². The molecule has 0 radical (unpaired) electrons. The number of nitrogens with one attached hydrogen (secondary N) is 1. The van der Waals surface area contributed by atoms with E-state index >= 15 is 0 Å². The van der Waals surface area contributed by atoms with Crippen molar-refractivity contribution < 1.29 is 9.90 Å². The number of hydrogen-bond acceptors (Lipinski definition) is 3. The Morgan fingerprint density at radius 3 is 2.50 bits per heavy atom. The largest absolute Gasteiger partial charge is 0.396 e. The summed E-state index contributed by atoms with van der Waals surface area (Å²) >= 11 is 0. The van der Waals surface area contributed by atoms with Crippen molar-refractivity contribution in [3.63, 3.8) is 0 Å². The lowest BCUT2D eigenvalue weighted by molar-refractivity contribution is -0.131. The molecule has 0 unspecified atom stereocenters. The van der Waals surface area contributed by atoms with Crippen molar-refractivity contribution in [1.82, 2.24) is 10.2 Å². The second-order valence-electron chi connectivity index (χ2n) is 5.20. The summed E-state index contributed by atoms with van der Waals surface area (Å²) in [6.07, 6.45) is 5.73. The molecule has 0 aromatic rings. The van der Waals surface area contributed by atoms with Crippen LogP contribution in [0.1, 0.15) is 32.1 Å². The molecular weight excluding hydrogens is 204 g/mol. The molecule has 1 amide bonds. The Kier molecular flexibility index (Phi) is 3.82. The van der Waals surface area contributed by atoms with Gasteiger partial charge in [-0.1, -0.05) is 0 Å². The fourth-order valence-corrected chi connectivity index (χ4v) is 2.26. The minimum atomic E-state index is 0.0994. The third-order valence-corrected chi connectivity index (χ3v) is 3.78. The fraction of sp³-hybridized carbons (Fsp3) is 0.917. The molecule has 4 heteroatoms. The van der Waals surface area contributed by atoms with Crippen LogP contribution in [-0.4, -0.2) is 48.7 Å². The van der Waals surface area contributed by atoms with E-state index in [1.165, 1.54) is 6.42 Å². The van der Waals surface area contributed by atoms with Gasteiger partial charge in [-0.3, -0.25) is 4.79 Å². The minimum absolute atomic E-state index is 0.0994. The highest BCUT2D eigenvalue weighted by molar-refractivity contribution is 5.78. The molecule has 2 fully saturated rings. The molecule has 0 aromatic carbocycles. The van der Waals surface area contributed by atoms with Crippen molar-refractivity contribution in [1.29, 1.82) is 0 Å². The number of carbonyl (C=O) groups is 1. The van der Waals surface area contributed by atoms with Crippen molar-refractivity contribution in [3.8, 4) is 0 Å². The molecule has 92 valence electrons. The Balaban J connectivity index is 1.63. The normalized spacial score (nSPS) is 23.2. The first-order valence-corrected chi connectivity index (χ1v) is 6.35. The summed E-state index contributed by atoms with van der Waals surface area (Å²) in [5.74, 6) is 0.216. The van der Waals surface area contributed by atoms with Gasteiger partial charge in [0, 0.05) is 31.7 Å². The summed E-state index contributed by atoms with van der Waals surface area (Å²) in [6.45, 7) is 3.31. The number of piperidine rings is 1. The van der Waals surface area contributed by atoms with E-state index in [2.05, 4.69) is 5.32 Å². The Labute approximate surface area is 97.0 Å². The van der Waals surface area contributed by atoms with Crippen LogP contribution in [-0.2, 0) is 4.79 Å². The van der Waals surface area contributed by atoms with Crippen molar-refractivity contribution in [2.45, 2.75) is 32.1 Å². The highest BCUT2D eigenvalue weighted by Crippen LogP contribution is 2.44. The second-order valence-corrected chi connectivity index (χ2v) is 5.20. The van der Waals surface area contributed by atoms with Crippen molar-refractivity contribution in [2.24, 2.45) is 5.41 Å². The molecular formula is C12H22N2O2. The highest BCUT2D eigenvalue weighted by Gasteiger charge is 2.41. The maximum Gasteiger partial charge on any atom is 0.236 e. The van der Waals surface area contributed by atoms with Crippen molar-refractivity contribution >= 4 is 5.91 Å². The highest BCUT2D eigenvalue weighted by atomic mass is 16.3. The summed E-state index contributed by atoms with van der Waals surface area (Å²) in [5, 5.41) is 12.3. The van der Waals surface area contributed by atoms with Gasteiger partial charge in [0.15, 0.2) is 0 Å². The van der Waals surface area contributed by atoms with Crippen molar-refractivity contribution in [3.05, 3.63) is 0 Å². The molecule has 2 rings (SSSR count). The van der Waals surface area contributed by atoms with E-state index in [1.54, 1.807) is 0 Å². The van der Waals surface area contributed by atoms with Gasteiger partial charge in [0.05, 0.1) is 6.54 Å². The maximum absolute atomic E-state index is 11.8. The van der Waals surface area contributed by atoms with Gasteiger partial charge in [-0.15, -0.1) is 0 Å². The van der Waals surface area contributed by atoms with Gasteiger partial charge in [0.2, 0.25) is 5.91 Å². The lowest BCUT2D eigenvalue weighted by Crippen LogP contribution is -2.42. The molecule has 0 aromatic heterocycles. The van der Waals surface area contributed by atoms with Crippen LogP contribution in [0.25, 0.3) is 0 Å². The number of aliphatic hydroxyl groups excluding tert-OH is 1. The van der Waals surface area contributed by atoms with Crippen LogP contribution < -0.4 is 5.32 Å². The first-order chi connectivity index (χ1) is 7.76. The smallest absolute Gasteiger partial charge is 0.236 e. The molecule has 0 atom stereocenters. The Morgan fingerprint density at radius 2 is 1.94 bits per heavy atom. The summed E-state index contributed by atoms with van der Waals surface area (Å²) < 4.78 is 0. The SMILES string of the molecule is O=C(CNCC1(CO)CC1)N1CCCCC1. The van der Waals surface area contributed by atoms with Gasteiger partial charge in [-0.25, -0.2) is 0 Å². The third kappa shape index (κ3) is 2.95. The maximum atomic E-state index is 11.8. The Hall–Kier alpha value is -0.610. The van der Waals surface area contributed by atoms with Crippen LogP contribution in [0.15, 0.2) is 0 Å². The molecule has 0 bridgehead atoms. The lowest BCUT2D eigenvalue weighted by Gasteiger charge is -2.27. The van der Waals surface area contributed by atoms with Crippen LogP contribution >= 0.6 is 0 Å². The molecule has 1 heterocycles. The van der Waals surface area contributed by atoms with Crippen molar-refractivity contribution in [2.75, 3.05) is 32.8 Å². The Bertz CT molecular complexity index is 245. The van der Waals surface area contributed by atoms with Gasteiger partial charge in [0.1, 0.15) is 0 Å². The summed E-state index contributed by atoms with van der Waals surface area (Å²) in [6, 6.07) is 0. The standard InChI is InChI=1S/C12H22N2O2/c15-10-12(4-5-12)9-13-8-11(16)14-6-2-1-3-7-14/h13,15H,1-10H2. The summed E-state index contributed by atoms with van der Waals surface area (Å²) in [5.41, 5.74) is 0.0994. The second kappa shape index (κ2) is 5.15. The van der Waals surface area contributed by atoms with E-state index in [4.69, 9.17) is 5.11 Å². The minimum Gasteiger partial charge on any atom is -0.396 e. The molecule has 16 heavy (non-hydrogen) atoms. The number of hydrogen-bond donors (Lipinski definition) is 2. The zero-order valence-electron chi connectivity index (χ0n) is 9.87. The van der Waals surface area contributed by atoms with Crippen LogP contribution in [0.2, 0.25) is 0 Å². The molecule has 2 aliphatic rings. The first-order valence-electron chi connectivity index (χ1n) is 6.35. The van der Waals surface area contributed by atoms with Gasteiger partial charge in [-0.05, 0) is 32.1 Å². The molecule has 2 N–H and O–H groups in total.